The lowest BCUT2D eigenvalue weighted by Crippen LogP contribution is -2.40. The zero-order valence-electron chi connectivity index (χ0n) is 17.4. The maximum absolute atomic E-state index is 14.8. The first-order chi connectivity index (χ1) is 15.5. The van der Waals surface area contributed by atoms with Crippen LogP contribution in [0.2, 0.25) is 0 Å². The van der Waals surface area contributed by atoms with Gasteiger partial charge in [0.2, 0.25) is 5.91 Å². The van der Waals surface area contributed by atoms with Crippen LogP contribution in [0.1, 0.15) is 29.2 Å². The summed E-state index contributed by atoms with van der Waals surface area (Å²) in [5, 5.41) is 4.54. The average Bonchev–Trinajstić information content (AvgIpc) is 3.27. The number of nitrogens with two attached hydrogens (primary N) is 1. The highest BCUT2D eigenvalue weighted by molar-refractivity contribution is 5.98. The molecule has 2 aromatic carbocycles. The van der Waals surface area contributed by atoms with Crippen molar-refractivity contribution in [3.8, 4) is 22.8 Å². The number of nitrogens with zero attached hydrogens (tertiary/aromatic N) is 3. The van der Waals surface area contributed by atoms with Gasteiger partial charge in [-0.2, -0.15) is 5.10 Å². The van der Waals surface area contributed by atoms with E-state index in [1.807, 2.05) is 6.07 Å². The molecule has 1 saturated heterocycles. The molecule has 1 unspecified atom stereocenters. The fourth-order valence-corrected chi connectivity index (χ4v) is 3.82. The molecule has 164 valence electrons. The Balaban J connectivity index is 1.63. The Hall–Kier alpha value is -3.94. The van der Waals surface area contributed by atoms with Crippen molar-refractivity contribution in [3.63, 3.8) is 0 Å². The molecule has 1 aromatic heterocycles. The van der Waals surface area contributed by atoms with Crippen molar-refractivity contribution >= 4 is 11.8 Å². The number of para-hydroxylation sites is 1. The predicted molar refractivity (Wildman–Crippen MR) is 118 cm³/mol. The Kier molecular flexibility index (Phi) is 6.02. The van der Waals surface area contributed by atoms with Crippen LogP contribution < -0.4 is 10.5 Å². The molecule has 2 N–H and O–H groups in total. The van der Waals surface area contributed by atoms with Crippen molar-refractivity contribution in [3.05, 3.63) is 78.8 Å². The summed E-state index contributed by atoms with van der Waals surface area (Å²) in [4.78, 5) is 25.8. The number of likely N-dealkylation sites (tertiary alicyclic amines) is 1. The number of hydrogen-bond donors (Lipinski definition) is 1. The minimum absolute atomic E-state index is 0.0610. The van der Waals surface area contributed by atoms with Crippen LogP contribution in [0.4, 0.5) is 4.39 Å². The molecule has 1 atom stereocenters. The molecular weight excluding hydrogens is 411 g/mol. The first-order valence-corrected chi connectivity index (χ1v) is 10.3. The Labute approximate surface area is 184 Å². The van der Waals surface area contributed by atoms with Gasteiger partial charge in [0.05, 0.1) is 11.6 Å². The third kappa shape index (κ3) is 4.39. The third-order valence-corrected chi connectivity index (χ3v) is 5.43. The van der Waals surface area contributed by atoms with Crippen molar-refractivity contribution in [2.24, 2.45) is 5.73 Å². The smallest absolute Gasteiger partial charge is 0.252 e. The van der Waals surface area contributed by atoms with Crippen LogP contribution in [-0.2, 0) is 4.79 Å². The maximum atomic E-state index is 14.8. The van der Waals surface area contributed by atoms with Gasteiger partial charge in [0, 0.05) is 24.8 Å². The molecule has 1 aliphatic rings. The van der Waals surface area contributed by atoms with Crippen LogP contribution in [0.25, 0.3) is 11.3 Å². The van der Waals surface area contributed by atoms with E-state index in [-0.39, 0.29) is 29.0 Å². The molecular formula is C24H23FN4O3. The van der Waals surface area contributed by atoms with E-state index in [2.05, 4.69) is 11.7 Å². The minimum atomic E-state index is -0.661. The number of halogens is 1. The summed E-state index contributed by atoms with van der Waals surface area (Å²) in [5.41, 5.74) is 6.46. The number of hydrogen-bond acceptors (Lipinski definition) is 4. The second kappa shape index (κ2) is 9.05. The number of piperidine rings is 1. The molecule has 0 radical (unpaired) electrons. The van der Waals surface area contributed by atoms with Gasteiger partial charge >= 0.3 is 0 Å². The van der Waals surface area contributed by atoms with E-state index >= 15 is 0 Å². The maximum Gasteiger partial charge on any atom is 0.252 e. The van der Waals surface area contributed by atoms with Gasteiger partial charge in [-0.3, -0.25) is 14.3 Å². The molecule has 7 nitrogen and oxygen atoms in total. The Morgan fingerprint density at radius 1 is 1.22 bits per heavy atom. The predicted octanol–water partition coefficient (Wildman–Crippen LogP) is 3.93. The van der Waals surface area contributed by atoms with Gasteiger partial charge in [-0.15, -0.1) is 0 Å². The highest BCUT2D eigenvalue weighted by Crippen LogP contribution is 2.31. The second-order valence-electron chi connectivity index (χ2n) is 7.58. The first kappa shape index (κ1) is 21.3. The van der Waals surface area contributed by atoms with Crippen LogP contribution in [0.3, 0.4) is 0 Å². The molecule has 1 fully saturated rings. The fourth-order valence-electron chi connectivity index (χ4n) is 3.82. The Morgan fingerprint density at radius 2 is 2.00 bits per heavy atom. The SMILES string of the molecule is C=CC(=O)N1CCCC(n2cc(C(N)=O)c(-c3ccc(Oc4ccccc4)c(F)c3)n2)C1. The van der Waals surface area contributed by atoms with Crippen LogP contribution in [0, 0.1) is 5.82 Å². The molecule has 2 heterocycles. The number of carbonyl (C=O) groups is 2. The van der Waals surface area contributed by atoms with Gasteiger partial charge in [0.1, 0.15) is 11.4 Å². The van der Waals surface area contributed by atoms with Gasteiger partial charge < -0.3 is 15.4 Å². The van der Waals surface area contributed by atoms with E-state index in [0.29, 0.717) is 24.4 Å². The molecule has 1 aliphatic heterocycles. The second-order valence-corrected chi connectivity index (χ2v) is 7.58. The lowest BCUT2D eigenvalue weighted by molar-refractivity contribution is -0.127. The van der Waals surface area contributed by atoms with Gasteiger partial charge in [0.15, 0.2) is 11.6 Å². The number of primary amides is 1. The van der Waals surface area contributed by atoms with Crippen LogP contribution in [-0.4, -0.2) is 39.6 Å². The Morgan fingerprint density at radius 3 is 2.69 bits per heavy atom. The molecule has 8 heteroatoms. The van der Waals surface area contributed by atoms with E-state index in [0.717, 1.165) is 12.8 Å². The lowest BCUT2D eigenvalue weighted by Gasteiger charge is -2.32. The summed E-state index contributed by atoms with van der Waals surface area (Å²) >= 11 is 0. The fraction of sp³-hybridized carbons (Fsp3) is 0.208. The number of ether oxygens (including phenoxy) is 1. The van der Waals surface area contributed by atoms with Crippen molar-refractivity contribution < 1.29 is 18.7 Å². The van der Waals surface area contributed by atoms with Gasteiger partial charge in [-0.1, -0.05) is 24.8 Å². The quantitative estimate of drug-likeness (QED) is 0.595. The molecule has 4 rings (SSSR count). The van der Waals surface area contributed by atoms with Crippen LogP contribution in [0.5, 0.6) is 11.5 Å². The van der Waals surface area contributed by atoms with E-state index in [1.54, 1.807) is 46.1 Å². The number of aromatic nitrogens is 2. The minimum Gasteiger partial charge on any atom is -0.454 e. The summed E-state index contributed by atoms with van der Waals surface area (Å²) < 4.78 is 22.0. The molecule has 0 aliphatic carbocycles. The van der Waals surface area contributed by atoms with Crippen molar-refractivity contribution in [1.82, 2.24) is 14.7 Å². The van der Waals surface area contributed by atoms with Gasteiger partial charge in [0.25, 0.3) is 5.91 Å². The van der Waals surface area contributed by atoms with Crippen LogP contribution >= 0.6 is 0 Å². The molecule has 3 aromatic rings. The van der Waals surface area contributed by atoms with Gasteiger partial charge in [-0.25, -0.2) is 4.39 Å². The number of carbonyl (C=O) groups excluding carboxylic acids is 2. The summed E-state index contributed by atoms with van der Waals surface area (Å²) in [5.74, 6) is -0.820. The van der Waals surface area contributed by atoms with Gasteiger partial charge in [-0.05, 0) is 49.2 Å². The average molecular weight is 434 g/mol. The standard InChI is InChI=1S/C24H23FN4O3/c1-2-22(30)28-12-6-7-17(14-28)29-15-19(24(26)31)23(27-29)16-10-11-21(20(25)13-16)32-18-8-4-3-5-9-18/h2-5,8-11,13,15,17H,1,6-7,12,14H2,(H2,26,31). The molecule has 2 amide bonds. The zero-order valence-corrected chi connectivity index (χ0v) is 17.4. The number of rotatable bonds is 6. The van der Waals surface area contributed by atoms with Crippen molar-refractivity contribution in [2.45, 2.75) is 18.9 Å². The summed E-state index contributed by atoms with van der Waals surface area (Å²) in [6.45, 7) is 4.63. The largest absolute Gasteiger partial charge is 0.454 e. The molecule has 0 spiro atoms. The summed E-state index contributed by atoms with van der Waals surface area (Å²) in [6, 6.07) is 13.2. The van der Waals surface area contributed by atoms with Crippen molar-refractivity contribution in [1.29, 1.82) is 0 Å². The van der Waals surface area contributed by atoms with E-state index in [4.69, 9.17) is 10.5 Å². The number of benzene rings is 2. The van der Waals surface area contributed by atoms with Crippen LogP contribution in [0.15, 0.2) is 67.4 Å². The number of amides is 2. The topological polar surface area (TPSA) is 90.5 Å². The molecule has 0 saturated carbocycles. The third-order valence-electron chi connectivity index (χ3n) is 5.43. The zero-order chi connectivity index (χ0) is 22.7. The highest BCUT2D eigenvalue weighted by atomic mass is 19.1. The lowest BCUT2D eigenvalue weighted by atomic mass is 10.1. The molecule has 0 bridgehead atoms. The first-order valence-electron chi connectivity index (χ1n) is 10.3. The van der Waals surface area contributed by atoms with Crippen molar-refractivity contribution in [2.75, 3.05) is 13.1 Å². The monoisotopic (exact) mass is 434 g/mol. The normalized spacial score (nSPS) is 15.9. The highest BCUT2D eigenvalue weighted by Gasteiger charge is 2.26. The van der Waals surface area contributed by atoms with E-state index < -0.39 is 11.7 Å². The Bertz CT molecular complexity index is 1160. The van der Waals surface area contributed by atoms with E-state index in [9.17, 15) is 14.0 Å². The van der Waals surface area contributed by atoms with E-state index in [1.165, 1.54) is 18.2 Å². The molecule has 32 heavy (non-hydrogen) atoms. The summed E-state index contributed by atoms with van der Waals surface area (Å²) in [7, 11) is 0. The summed E-state index contributed by atoms with van der Waals surface area (Å²) in [6.07, 6.45) is 4.44.